The van der Waals surface area contributed by atoms with Crippen LogP contribution in [0.1, 0.15) is 25.0 Å². The molecule has 0 radical (unpaired) electrons. The van der Waals surface area contributed by atoms with E-state index < -0.39 is 0 Å². The third-order valence-corrected chi connectivity index (χ3v) is 12.4. The van der Waals surface area contributed by atoms with Crippen LogP contribution >= 0.6 is 0 Å². The van der Waals surface area contributed by atoms with Gasteiger partial charge < -0.3 is 18.8 Å². The number of benzene rings is 8. The van der Waals surface area contributed by atoms with Crippen LogP contribution in [0.25, 0.3) is 67.1 Å². The molecule has 8 nitrogen and oxygen atoms in total. The van der Waals surface area contributed by atoms with E-state index in [0.29, 0.717) is 11.5 Å². The summed E-state index contributed by atoms with van der Waals surface area (Å²) in [5.41, 5.74) is 15.2. The first-order chi connectivity index (χ1) is 30.0. The predicted molar refractivity (Wildman–Crippen MR) is 244 cm³/mol. The molecule has 0 spiro atoms. The van der Waals surface area contributed by atoms with Crippen molar-refractivity contribution < 1.29 is 25.8 Å². The van der Waals surface area contributed by atoms with Gasteiger partial charge in [0, 0.05) is 28.3 Å². The quantitative estimate of drug-likeness (QED) is 0.161. The molecule has 0 atom stereocenters. The summed E-state index contributed by atoms with van der Waals surface area (Å²) in [6.07, 6.45) is 0. The van der Waals surface area contributed by atoms with E-state index in [1.165, 1.54) is 11.1 Å². The number of imidazole rings is 4. The van der Waals surface area contributed by atoms with Gasteiger partial charge in [0.15, 0.2) is 0 Å². The van der Waals surface area contributed by atoms with E-state index >= 15 is 0 Å². The molecule has 0 amide bonds. The van der Waals surface area contributed by atoms with Gasteiger partial charge in [-0.25, -0.2) is 9.97 Å². The van der Waals surface area contributed by atoms with Gasteiger partial charge in [-0.1, -0.05) is 116 Å². The van der Waals surface area contributed by atoms with Gasteiger partial charge in [-0.15, -0.1) is 36.4 Å². The molecule has 8 aromatic carbocycles. The second-order valence-corrected chi connectivity index (χ2v) is 16.2. The summed E-state index contributed by atoms with van der Waals surface area (Å²) in [5, 5.41) is 0. The zero-order chi connectivity index (χ0) is 40.4. The summed E-state index contributed by atoms with van der Waals surface area (Å²) in [6.45, 7) is 4.62. The van der Waals surface area contributed by atoms with E-state index in [1.54, 1.807) is 0 Å². The number of aromatic nitrogens is 6. The molecule has 5 heterocycles. The molecule has 62 heavy (non-hydrogen) atoms. The number of hydrogen-bond donors (Lipinski definition) is 0. The van der Waals surface area contributed by atoms with Crippen LogP contribution in [-0.4, -0.2) is 27.9 Å². The van der Waals surface area contributed by atoms with Crippen molar-refractivity contribution in [3.8, 4) is 22.9 Å². The normalized spacial score (nSPS) is 13.3. The maximum absolute atomic E-state index is 6.95. The molecule has 0 N–H and O–H groups in total. The summed E-state index contributed by atoms with van der Waals surface area (Å²) in [6, 6.07) is 68.5. The Kier molecular flexibility index (Phi) is 7.96. The van der Waals surface area contributed by atoms with Crippen LogP contribution in [0.2, 0.25) is 0 Å². The minimum Gasteiger partial charge on any atom is -0.509 e. The summed E-state index contributed by atoms with van der Waals surface area (Å²) in [5.74, 6) is 2.71. The van der Waals surface area contributed by atoms with Crippen LogP contribution < -0.4 is 9.64 Å². The van der Waals surface area contributed by atoms with Crippen LogP contribution in [0.5, 0.6) is 11.5 Å². The van der Waals surface area contributed by atoms with Crippen molar-refractivity contribution in [2.45, 2.75) is 19.3 Å². The van der Waals surface area contributed by atoms with E-state index in [4.69, 9.17) is 14.7 Å². The van der Waals surface area contributed by atoms with Crippen molar-refractivity contribution in [1.29, 1.82) is 0 Å². The van der Waals surface area contributed by atoms with Crippen LogP contribution in [-0.2, 0) is 26.5 Å². The Morgan fingerprint density at radius 2 is 0.919 bits per heavy atom. The van der Waals surface area contributed by atoms with Gasteiger partial charge in [-0.2, -0.15) is 6.07 Å². The molecule has 0 aliphatic carbocycles. The maximum atomic E-state index is 6.95. The number of rotatable bonds is 5. The molecule has 298 valence electrons. The summed E-state index contributed by atoms with van der Waals surface area (Å²) < 4.78 is 15.8. The zero-order valence-corrected chi connectivity index (χ0v) is 35.9. The van der Waals surface area contributed by atoms with E-state index in [9.17, 15) is 0 Å². The molecule has 12 aromatic rings. The van der Waals surface area contributed by atoms with Gasteiger partial charge in [-0.3, -0.25) is 8.80 Å². The third kappa shape index (κ3) is 5.17. The molecule has 1 aliphatic heterocycles. The van der Waals surface area contributed by atoms with E-state index in [1.807, 2.05) is 24.3 Å². The number of ether oxygens (including phenoxy) is 1. The summed E-state index contributed by atoms with van der Waals surface area (Å²) >= 11 is 0. The Balaban J connectivity index is 0.00000410. The van der Waals surface area contributed by atoms with Gasteiger partial charge in [-0.05, 0) is 71.8 Å². The summed E-state index contributed by atoms with van der Waals surface area (Å²) in [4.78, 5) is 12.7. The topological polar surface area (TPSA) is 56.9 Å². The second kappa shape index (κ2) is 13.5. The molecule has 0 fully saturated rings. The monoisotopic (exact) mass is 980 g/mol. The molecule has 13 rings (SSSR count). The fourth-order valence-corrected chi connectivity index (χ4v) is 9.69. The zero-order valence-electron chi connectivity index (χ0n) is 33.6. The molecule has 1 aliphatic rings. The van der Waals surface area contributed by atoms with Gasteiger partial charge >= 0.3 is 21.1 Å². The summed E-state index contributed by atoms with van der Waals surface area (Å²) in [7, 11) is 0. The number of para-hydroxylation sites is 10. The van der Waals surface area contributed by atoms with Crippen LogP contribution in [0.15, 0.2) is 176 Å². The molecule has 4 aromatic heterocycles. The van der Waals surface area contributed by atoms with Crippen molar-refractivity contribution in [2.24, 2.45) is 0 Å². The van der Waals surface area contributed by atoms with E-state index in [-0.39, 0.29) is 26.5 Å². The average Bonchev–Trinajstić information content (AvgIpc) is 4.03. The number of fused-ring (bicyclic) bond motifs is 12. The Hall–Kier alpha value is -7.41. The maximum Gasteiger partial charge on any atom is 2.00 e. The predicted octanol–water partition coefficient (Wildman–Crippen LogP) is 12.7. The van der Waals surface area contributed by atoms with Crippen molar-refractivity contribution in [2.75, 3.05) is 4.90 Å². The minimum absolute atomic E-state index is 0. The SMILES string of the molecule is CC1(C)c2ccccc2N(c2cc(Oc3[c-]c(-n4c5ccccc5n5c6ccccc6nc45)ccc3)[c-]c(-n3c4ccccc4n4c5ccccc5nc34)c2)c2ccccc21.[Pt+2]. The third-order valence-electron chi connectivity index (χ3n) is 12.4. The number of anilines is 3. The van der Waals surface area contributed by atoms with Crippen LogP contribution in [0.4, 0.5) is 17.1 Å². The molecule has 0 unspecified atom stereocenters. The van der Waals surface area contributed by atoms with Gasteiger partial charge in [0.1, 0.15) is 0 Å². The molecule has 0 bridgehead atoms. The van der Waals surface area contributed by atoms with Crippen molar-refractivity contribution in [3.05, 3.63) is 199 Å². The van der Waals surface area contributed by atoms with Crippen molar-refractivity contribution in [3.63, 3.8) is 0 Å². The standard InChI is InChI=1S/C53H35N7O.Pt/c1-53(2)39-18-3-7-22-43(39)56(44-23-8-4-19-40(44)53)35-30-36(58-48-27-12-14-29-50(48)60-46-25-10-6-21-42(46)55-52(58)60)33-38(32-35)61-37-17-15-16-34(31-37)57-47-26-11-13-28-49(47)59-45-24-9-5-20-41(45)54-51(57)59;/h3-30,32H,1-2H3;/q-2;+2. The van der Waals surface area contributed by atoms with Gasteiger partial charge in [0.25, 0.3) is 0 Å². The van der Waals surface area contributed by atoms with Crippen molar-refractivity contribution in [1.82, 2.24) is 27.9 Å². The Labute approximate surface area is 370 Å². The fourth-order valence-electron chi connectivity index (χ4n) is 9.69. The minimum atomic E-state index is -0.213. The molecular formula is C53H35N7OPt. The number of nitrogens with zero attached hydrogens (tertiary/aromatic N) is 7. The van der Waals surface area contributed by atoms with Gasteiger partial charge in [0.2, 0.25) is 11.6 Å². The smallest absolute Gasteiger partial charge is 0.509 e. The van der Waals surface area contributed by atoms with Crippen LogP contribution in [0, 0.1) is 12.1 Å². The largest absolute Gasteiger partial charge is 2.00 e. The average molecular weight is 981 g/mol. The molecule has 0 saturated carbocycles. The Bertz CT molecular complexity index is 3710. The molecular weight excluding hydrogens is 946 g/mol. The molecule has 0 saturated heterocycles. The fraction of sp³-hybridized carbons (Fsp3) is 0.0566. The van der Waals surface area contributed by atoms with Gasteiger partial charge in [0.05, 0.1) is 44.1 Å². The van der Waals surface area contributed by atoms with Crippen molar-refractivity contribution >= 4 is 72.8 Å². The second-order valence-electron chi connectivity index (χ2n) is 16.2. The van der Waals surface area contributed by atoms with E-state index in [0.717, 1.165) is 84.1 Å². The number of hydrogen-bond acceptors (Lipinski definition) is 4. The Morgan fingerprint density at radius 1 is 0.452 bits per heavy atom. The first-order valence-corrected chi connectivity index (χ1v) is 20.5. The first-order valence-electron chi connectivity index (χ1n) is 20.5. The first kappa shape index (κ1) is 36.4. The van der Waals surface area contributed by atoms with Crippen LogP contribution in [0.3, 0.4) is 0 Å². The van der Waals surface area contributed by atoms with E-state index in [2.05, 4.69) is 200 Å². The molecule has 9 heteroatoms. The Morgan fingerprint density at radius 3 is 1.50 bits per heavy atom.